The number of halogens is 1. The average molecular weight is 291 g/mol. The molecule has 0 aliphatic rings. The topological polar surface area (TPSA) is 59.1 Å². The van der Waals surface area contributed by atoms with Crippen molar-refractivity contribution in [3.63, 3.8) is 0 Å². The number of nitrogens with one attached hydrogen (secondary N) is 1. The van der Waals surface area contributed by atoms with Crippen LogP contribution in [0.2, 0.25) is 0 Å². The fourth-order valence-corrected chi connectivity index (χ4v) is 2.03. The van der Waals surface area contributed by atoms with Crippen molar-refractivity contribution in [1.82, 2.24) is 0 Å². The molecule has 2 aromatic carbocycles. The summed E-state index contributed by atoms with van der Waals surface area (Å²) in [6.07, 6.45) is 0. The van der Waals surface area contributed by atoms with Crippen molar-refractivity contribution in [2.75, 3.05) is 0 Å². The molecule has 0 radical (unpaired) electrons. The highest BCUT2D eigenvalue weighted by atomic mass is 79.9. The van der Waals surface area contributed by atoms with E-state index in [0.717, 1.165) is 4.47 Å². The van der Waals surface area contributed by atoms with Gasteiger partial charge in [0.15, 0.2) is 0 Å². The smallest absolute Gasteiger partial charge is 0.139 e. The predicted molar refractivity (Wildman–Crippen MR) is 71.7 cm³/mol. The molecular weight excluding hydrogens is 280 g/mol. The number of para-hydroxylation sites is 1. The molecule has 0 saturated carbocycles. The molecule has 86 valence electrons. The Bertz CT molecular complexity index is 540. The number of nitrogens with two attached hydrogens (primary N) is 1. The maximum atomic E-state index is 7.55. The number of benzene rings is 2. The number of ether oxygens (including phenoxy) is 1. The van der Waals surface area contributed by atoms with Crippen LogP contribution in [0.4, 0.5) is 0 Å². The molecule has 0 aliphatic carbocycles. The highest BCUT2D eigenvalue weighted by Crippen LogP contribution is 2.30. The van der Waals surface area contributed by atoms with Crippen molar-refractivity contribution in [3.8, 4) is 11.5 Å². The Morgan fingerprint density at radius 3 is 2.41 bits per heavy atom. The fourth-order valence-electron chi connectivity index (χ4n) is 1.47. The molecule has 2 rings (SSSR count). The molecule has 3 N–H and O–H groups in total. The van der Waals surface area contributed by atoms with Gasteiger partial charge in [-0.2, -0.15) is 0 Å². The van der Waals surface area contributed by atoms with Crippen molar-refractivity contribution >= 4 is 21.8 Å². The Labute approximate surface area is 108 Å². The van der Waals surface area contributed by atoms with Crippen LogP contribution >= 0.6 is 15.9 Å². The summed E-state index contributed by atoms with van der Waals surface area (Å²) in [6, 6.07) is 14.9. The van der Waals surface area contributed by atoms with Gasteiger partial charge in [-0.1, -0.05) is 24.3 Å². The first kappa shape index (κ1) is 11.7. The van der Waals surface area contributed by atoms with Gasteiger partial charge >= 0.3 is 0 Å². The van der Waals surface area contributed by atoms with Crippen LogP contribution < -0.4 is 10.5 Å². The van der Waals surface area contributed by atoms with Gasteiger partial charge in [-0.05, 0) is 40.2 Å². The third kappa shape index (κ3) is 2.65. The molecule has 0 unspecified atom stereocenters. The molecule has 0 bridgehead atoms. The summed E-state index contributed by atoms with van der Waals surface area (Å²) in [7, 11) is 0. The summed E-state index contributed by atoms with van der Waals surface area (Å²) in [6.45, 7) is 0. The second-order valence-electron chi connectivity index (χ2n) is 3.44. The van der Waals surface area contributed by atoms with Gasteiger partial charge in [0.25, 0.3) is 0 Å². The van der Waals surface area contributed by atoms with Crippen LogP contribution in [0.1, 0.15) is 5.56 Å². The van der Waals surface area contributed by atoms with E-state index in [2.05, 4.69) is 15.9 Å². The summed E-state index contributed by atoms with van der Waals surface area (Å²) in [5.41, 5.74) is 6.11. The molecule has 4 heteroatoms. The Morgan fingerprint density at radius 2 is 1.76 bits per heavy atom. The Balaban J connectivity index is 2.40. The second kappa shape index (κ2) is 5.01. The zero-order valence-corrected chi connectivity index (χ0v) is 10.6. The largest absolute Gasteiger partial charge is 0.457 e. The van der Waals surface area contributed by atoms with E-state index in [-0.39, 0.29) is 5.84 Å². The molecule has 3 nitrogen and oxygen atoms in total. The predicted octanol–water partition coefficient (Wildman–Crippen LogP) is 3.53. The normalized spacial score (nSPS) is 9.94. The zero-order chi connectivity index (χ0) is 12.3. The van der Waals surface area contributed by atoms with Crippen molar-refractivity contribution in [3.05, 3.63) is 58.6 Å². The summed E-state index contributed by atoms with van der Waals surface area (Å²) in [5, 5.41) is 7.55. The number of rotatable bonds is 3. The van der Waals surface area contributed by atoms with E-state index in [4.69, 9.17) is 15.9 Å². The van der Waals surface area contributed by atoms with Crippen molar-refractivity contribution in [1.29, 1.82) is 5.41 Å². The van der Waals surface area contributed by atoms with Gasteiger partial charge in [-0.25, -0.2) is 0 Å². The van der Waals surface area contributed by atoms with E-state index in [0.29, 0.717) is 17.1 Å². The molecule has 0 aromatic heterocycles. The fraction of sp³-hybridized carbons (Fsp3) is 0. The van der Waals surface area contributed by atoms with Crippen LogP contribution in [0, 0.1) is 5.41 Å². The molecule has 0 spiro atoms. The van der Waals surface area contributed by atoms with E-state index < -0.39 is 0 Å². The first-order valence-corrected chi connectivity index (χ1v) is 5.83. The van der Waals surface area contributed by atoms with Crippen molar-refractivity contribution in [2.24, 2.45) is 5.73 Å². The lowest BCUT2D eigenvalue weighted by molar-refractivity contribution is 0.481. The molecule has 0 amide bonds. The monoisotopic (exact) mass is 290 g/mol. The lowest BCUT2D eigenvalue weighted by Gasteiger charge is -2.11. The molecule has 2 aromatic rings. The number of nitrogen functional groups attached to an aromatic ring is 1. The molecule has 0 atom stereocenters. The number of amidine groups is 1. The summed E-state index contributed by atoms with van der Waals surface area (Å²) in [5.74, 6) is 1.26. The minimum Gasteiger partial charge on any atom is -0.457 e. The first-order chi connectivity index (χ1) is 8.18. The van der Waals surface area contributed by atoms with Gasteiger partial charge in [0.1, 0.15) is 17.3 Å². The Hall–Kier alpha value is -1.81. The molecule has 0 fully saturated rings. The maximum Gasteiger partial charge on any atom is 0.139 e. The van der Waals surface area contributed by atoms with E-state index >= 15 is 0 Å². The van der Waals surface area contributed by atoms with Crippen LogP contribution in [0.5, 0.6) is 11.5 Å². The minimum atomic E-state index is -0.0246. The van der Waals surface area contributed by atoms with Crippen LogP contribution in [0.3, 0.4) is 0 Å². The maximum absolute atomic E-state index is 7.55. The van der Waals surface area contributed by atoms with Gasteiger partial charge in [-0.3, -0.25) is 5.41 Å². The standard InChI is InChI=1S/C13H11BrN2O/c14-10-7-4-8-11(12(10)13(15)16)17-9-5-2-1-3-6-9/h1-8H,(H3,15,16). The van der Waals surface area contributed by atoms with Crippen LogP contribution in [0.15, 0.2) is 53.0 Å². The lowest BCUT2D eigenvalue weighted by atomic mass is 10.2. The van der Waals surface area contributed by atoms with Gasteiger partial charge in [-0.15, -0.1) is 0 Å². The molecule has 17 heavy (non-hydrogen) atoms. The molecule has 0 heterocycles. The molecular formula is C13H11BrN2O. The van der Waals surface area contributed by atoms with E-state index in [9.17, 15) is 0 Å². The SMILES string of the molecule is N=C(N)c1c(Br)cccc1Oc1ccccc1. The second-order valence-corrected chi connectivity index (χ2v) is 4.30. The quantitative estimate of drug-likeness (QED) is 0.671. The Morgan fingerprint density at radius 1 is 1.06 bits per heavy atom. The summed E-state index contributed by atoms with van der Waals surface area (Å²) >= 11 is 3.36. The van der Waals surface area contributed by atoms with Gasteiger partial charge in [0, 0.05) is 4.47 Å². The minimum absolute atomic E-state index is 0.0246. The van der Waals surface area contributed by atoms with Gasteiger partial charge < -0.3 is 10.5 Å². The summed E-state index contributed by atoms with van der Waals surface area (Å²) < 4.78 is 6.45. The highest BCUT2D eigenvalue weighted by molar-refractivity contribution is 9.10. The van der Waals surface area contributed by atoms with Crippen LogP contribution in [-0.4, -0.2) is 5.84 Å². The van der Waals surface area contributed by atoms with Crippen molar-refractivity contribution in [2.45, 2.75) is 0 Å². The van der Waals surface area contributed by atoms with Gasteiger partial charge in [0.2, 0.25) is 0 Å². The van der Waals surface area contributed by atoms with Gasteiger partial charge in [0.05, 0.1) is 5.56 Å². The number of hydrogen-bond acceptors (Lipinski definition) is 2. The number of hydrogen-bond donors (Lipinski definition) is 2. The third-order valence-corrected chi connectivity index (χ3v) is 2.88. The third-order valence-electron chi connectivity index (χ3n) is 2.22. The molecule has 0 aliphatic heterocycles. The van der Waals surface area contributed by atoms with Crippen LogP contribution in [0.25, 0.3) is 0 Å². The van der Waals surface area contributed by atoms with Crippen LogP contribution in [-0.2, 0) is 0 Å². The average Bonchev–Trinajstić information content (AvgIpc) is 2.30. The lowest BCUT2D eigenvalue weighted by Crippen LogP contribution is -2.13. The Kier molecular flexibility index (Phi) is 3.44. The first-order valence-electron chi connectivity index (χ1n) is 5.04. The van der Waals surface area contributed by atoms with E-state index in [1.165, 1.54) is 0 Å². The van der Waals surface area contributed by atoms with E-state index in [1.54, 1.807) is 6.07 Å². The summed E-state index contributed by atoms with van der Waals surface area (Å²) in [4.78, 5) is 0. The zero-order valence-electron chi connectivity index (χ0n) is 8.98. The highest BCUT2D eigenvalue weighted by Gasteiger charge is 2.11. The van der Waals surface area contributed by atoms with E-state index in [1.807, 2.05) is 42.5 Å². The van der Waals surface area contributed by atoms with Crippen molar-refractivity contribution < 1.29 is 4.74 Å². The molecule has 0 saturated heterocycles.